The molecule has 2 unspecified atom stereocenters. The van der Waals surface area contributed by atoms with Crippen LogP contribution >= 0.6 is 0 Å². The largest absolute Gasteiger partial charge is 0.383 e. The third-order valence-corrected chi connectivity index (χ3v) is 3.13. The van der Waals surface area contributed by atoms with Crippen molar-refractivity contribution in [3.8, 4) is 0 Å². The minimum Gasteiger partial charge on any atom is -0.383 e. The summed E-state index contributed by atoms with van der Waals surface area (Å²) >= 11 is 0. The molecule has 18 heavy (non-hydrogen) atoms. The summed E-state index contributed by atoms with van der Waals surface area (Å²) in [6, 6.07) is 0.350. The Morgan fingerprint density at radius 3 is 3.22 bits per heavy atom. The molecular weight excluding hydrogens is 234 g/mol. The number of rotatable bonds is 6. The molecule has 7 heteroatoms. The number of tetrazole rings is 1. The fourth-order valence-electron chi connectivity index (χ4n) is 2.18. The summed E-state index contributed by atoms with van der Waals surface area (Å²) in [6.45, 7) is 5.03. The van der Waals surface area contributed by atoms with Crippen LogP contribution in [-0.2, 0) is 16.0 Å². The zero-order valence-electron chi connectivity index (χ0n) is 11.0. The van der Waals surface area contributed by atoms with Gasteiger partial charge in [0.2, 0.25) is 0 Å². The zero-order valence-corrected chi connectivity index (χ0v) is 11.0. The van der Waals surface area contributed by atoms with E-state index in [2.05, 4.69) is 27.8 Å². The van der Waals surface area contributed by atoms with Gasteiger partial charge in [-0.15, -0.1) is 5.10 Å². The molecule has 7 nitrogen and oxygen atoms in total. The monoisotopic (exact) mass is 255 g/mol. The maximum atomic E-state index is 5.54. The van der Waals surface area contributed by atoms with Gasteiger partial charge in [0.05, 0.1) is 25.3 Å². The summed E-state index contributed by atoms with van der Waals surface area (Å²) in [5.41, 5.74) is 0. The molecule has 102 valence electrons. The smallest absolute Gasteiger partial charge is 0.165 e. The van der Waals surface area contributed by atoms with Crippen molar-refractivity contribution < 1.29 is 9.47 Å². The van der Waals surface area contributed by atoms with Crippen molar-refractivity contribution >= 4 is 0 Å². The Morgan fingerprint density at radius 2 is 2.44 bits per heavy atom. The first-order valence-corrected chi connectivity index (χ1v) is 6.39. The highest BCUT2D eigenvalue weighted by atomic mass is 16.5. The van der Waals surface area contributed by atoms with Crippen molar-refractivity contribution in [1.29, 1.82) is 0 Å². The van der Waals surface area contributed by atoms with Gasteiger partial charge in [-0.05, 0) is 30.2 Å². The SMILES string of the molecule is COCCNCc1nnnn1C1CCOC(C)C1. The molecule has 2 heterocycles. The normalized spacial score (nSPS) is 24.3. The molecule has 0 aromatic carbocycles. The van der Waals surface area contributed by atoms with Gasteiger partial charge in [-0.3, -0.25) is 0 Å². The topological polar surface area (TPSA) is 74.1 Å². The summed E-state index contributed by atoms with van der Waals surface area (Å²) in [6.07, 6.45) is 2.22. The average Bonchev–Trinajstić information content (AvgIpc) is 2.83. The first kappa shape index (κ1) is 13.4. The van der Waals surface area contributed by atoms with Gasteiger partial charge in [-0.25, -0.2) is 4.68 Å². The molecule has 1 saturated heterocycles. The lowest BCUT2D eigenvalue weighted by atomic mass is 10.0. The van der Waals surface area contributed by atoms with Gasteiger partial charge >= 0.3 is 0 Å². The van der Waals surface area contributed by atoms with Gasteiger partial charge in [-0.1, -0.05) is 0 Å². The lowest BCUT2D eigenvalue weighted by Crippen LogP contribution is -2.29. The van der Waals surface area contributed by atoms with Gasteiger partial charge in [0.25, 0.3) is 0 Å². The van der Waals surface area contributed by atoms with Gasteiger partial charge in [0.1, 0.15) is 0 Å². The minimum absolute atomic E-state index is 0.280. The van der Waals surface area contributed by atoms with Crippen LogP contribution in [0.4, 0.5) is 0 Å². The average molecular weight is 255 g/mol. The van der Waals surface area contributed by atoms with Crippen molar-refractivity contribution in [1.82, 2.24) is 25.5 Å². The molecule has 1 aromatic heterocycles. The molecule has 0 radical (unpaired) electrons. The quantitative estimate of drug-likeness (QED) is 0.729. The highest BCUT2D eigenvalue weighted by Crippen LogP contribution is 2.24. The fraction of sp³-hybridized carbons (Fsp3) is 0.909. The highest BCUT2D eigenvalue weighted by molar-refractivity contribution is 4.86. The molecule has 0 amide bonds. The van der Waals surface area contributed by atoms with E-state index in [1.54, 1.807) is 7.11 Å². The Kier molecular flexibility index (Phi) is 5.03. The number of hydrogen-bond donors (Lipinski definition) is 1. The van der Waals surface area contributed by atoms with E-state index in [9.17, 15) is 0 Å². The van der Waals surface area contributed by atoms with Crippen molar-refractivity contribution in [2.75, 3.05) is 26.9 Å². The second kappa shape index (κ2) is 6.77. The van der Waals surface area contributed by atoms with E-state index in [-0.39, 0.29) is 6.10 Å². The highest BCUT2D eigenvalue weighted by Gasteiger charge is 2.23. The van der Waals surface area contributed by atoms with Gasteiger partial charge in [-0.2, -0.15) is 0 Å². The molecule has 1 aromatic rings. The Bertz CT molecular complexity index is 357. The molecule has 2 rings (SSSR count). The Labute approximate surface area is 107 Å². The van der Waals surface area contributed by atoms with E-state index in [0.717, 1.165) is 31.8 Å². The van der Waals surface area contributed by atoms with Crippen molar-refractivity contribution in [3.05, 3.63) is 5.82 Å². The second-order valence-electron chi connectivity index (χ2n) is 4.57. The molecule has 2 atom stereocenters. The summed E-state index contributed by atoms with van der Waals surface area (Å²) in [4.78, 5) is 0. The third-order valence-electron chi connectivity index (χ3n) is 3.13. The summed E-state index contributed by atoms with van der Waals surface area (Å²) in [5, 5.41) is 15.2. The Balaban J connectivity index is 1.90. The molecule has 1 aliphatic heterocycles. The van der Waals surface area contributed by atoms with Crippen molar-refractivity contribution in [2.24, 2.45) is 0 Å². The molecule has 1 aliphatic rings. The predicted octanol–water partition coefficient (Wildman–Crippen LogP) is 0.149. The van der Waals surface area contributed by atoms with E-state index in [4.69, 9.17) is 9.47 Å². The third kappa shape index (κ3) is 3.47. The lowest BCUT2D eigenvalue weighted by Gasteiger charge is -2.27. The number of nitrogens with one attached hydrogen (secondary N) is 1. The minimum atomic E-state index is 0.280. The molecule has 1 N–H and O–H groups in total. The molecular formula is C11H21N5O2. The fourth-order valence-corrected chi connectivity index (χ4v) is 2.18. The summed E-state index contributed by atoms with van der Waals surface area (Å²) in [5.74, 6) is 0.880. The van der Waals surface area contributed by atoms with Crippen LogP contribution in [0.1, 0.15) is 31.6 Å². The van der Waals surface area contributed by atoms with E-state index < -0.39 is 0 Å². The van der Waals surface area contributed by atoms with Crippen LogP contribution in [0.25, 0.3) is 0 Å². The van der Waals surface area contributed by atoms with Crippen LogP contribution in [0, 0.1) is 0 Å². The Morgan fingerprint density at radius 1 is 1.56 bits per heavy atom. The maximum Gasteiger partial charge on any atom is 0.165 e. The van der Waals surface area contributed by atoms with E-state index in [1.807, 2.05) is 4.68 Å². The van der Waals surface area contributed by atoms with Gasteiger partial charge in [0.15, 0.2) is 5.82 Å². The number of hydrogen-bond acceptors (Lipinski definition) is 6. The number of ether oxygens (including phenoxy) is 2. The van der Waals surface area contributed by atoms with Crippen LogP contribution in [0.5, 0.6) is 0 Å². The van der Waals surface area contributed by atoms with Crippen LogP contribution in [0.2, 0.25) is 0 Å². The summed E-state index contributed by atoms with van der Waals surface area (Å²) < 4.78 is 12.5. The van der Waals surface area contributed by atoms with Crippen LogP contribution in [-0.4, -0.2) is 53.2 Å². The van der Waals surface area contributed by atoms with E-state index >= 15 is 0 Å². The second-order valence-corrected chi connectivity index (χ2v) is 4.57. The van der Waals surface area contributed by atoms with Crippen molar-refractivity contribution in [3.63, 3.8) is 0 Å². The standard InChI is InChI=1S/C11H21N5O2/c1-9-7-10(3-5-18-9)16-11(13-14-15-16)8-12-4-6-17-2/h9-10,12H,3-8H2,1-2H3. The molecule has 1 fully saturated rings. The lowest BCUT2D eigenvalue weighted by molar-refractivity contribution is 0.00248. The Hall–Kier alpha value is -1.05. The molecule has 0 bridgehead atoms. The van der Waals surface area contributed by atoms with Gasteiger partial charge in [0, 0.05) is 20.3 Å². The first-order valence-electron chi connectivity index (χ1n) is 6.39. The molecule has 0 saturated carbocycles. The van der Waals surface area contributed by atoms with Gasteiger partial charge < -0.3 is 14.8 Å². The number of nitrogens with zero attached hydrogens (tertiary/aromatic N) is 4. The van der Waals surface area contributed by atoms with Crippen LogP contribution in [0.3, 0.4) is 0 Å². The first-order chi connectivity index (χ1) is 8.81. The van der Waals surface area contributed by atoms with E-state index in [0.29, 0.717) is 19.2 Å². The van der Waals surface area contributed by atoms with Crippen LogP contribution < -0.4 is 5.32 Å². The predicted molar refractivity (Wildman–Crippen MR) is 65.1 cm³/mol. The maximum absolute atomic E-state index is 5.54. The van der Waals surface area contributed by atoms with Crippen molar-refractivity contribution in [2.45, 2.75) is 38.5 Å². The van der Waals surface area contributed by atoms with Crippen LogP contribution in [0.15, 0.2) is 0 Å². The van der Waals surface area contributed by atoms with E-state index in [1.165, 1.54) is 0 Å². The zero-order chi connectivity index (χ0) is 12.8. The summed E-state index contributed by atoms with van der Waals surface area (Å²) in [7, 11) is 1.69. The number of methoxy groups -OCH3 is 1. The number of aromatic nitrogens is 4. The molecule has 0 spiro atoms. The molecule has 0 aliphatic carbocycles.